The highest BCUT2D eigenvalue weighted by atomic mass is 16.6. The van der Waals surface area contributed by atoms with Crippen LogP contribution >= 0.6 is 0 Å². The molecule has 0 aromatic carbocycles. The molecule has 0 bridgehead atoms. The number of carbonyl (C=O) groups is 2. The molecule has 1 fully saturated rings. The average Bonchev–Trinajstić information content (AvgIpc) is 2.17. The fraction of sp³-hybridized carbons (Fsp3) is 0.818. The van der Waals surface area contributed by atoms with E-state index in [9.17, 15) is 9.59 Å². The summed E-state index contributed by atoms with van der Waals surface area (Å²) in [6.45, 7) is 7.42. The van der Waals surface area contributed by atoms with E-state index in [0.717, 1.165) is 0 Å². The van der Waals surface area contributed by atoms with Gasteiger partial charge in [-0.05, 0) is 13.8 Å². The summed E-state index contributed by atoms with van der Waals surface area (Å²) in [5.41, 5.74) is -0.458. The van der Waals surface area contributed by atoms with Crippen molar-refractivity contribution < 1.29 is 19.1 Å². The van der Waals surface area contributed by atoms with Crippen LogP contribution < -0.4 is 0 Å². The van der Waals surface area contributed by atoms with E-state index in [4.69, 9.17) is 9.47 Å². The van der Waals surface area contributed by atoms with Crippen molar-refractivity contribution in [2.24, 2.45) is 5.41 Å². The zero-order valence-corrected chi connectivity index (χ0v) is 9.70. The summed E-state index contributed by atoms with van der Waals surface area (Å²) in [6.07, 6.45) is -0.358. The molecule has 86 valence electrons. The van der Waals surface area contributed by atoms with Crippen molar-refractivity contribution in [2.45, 2.75) is 46.3 Å². The predicted molar refractivity (Wildman–Crippen MR) is 54.4 cm³/mol. The van der Waals surface area contributed by atoms with Crippen LogP contribution in [0.3, 0.4) is 0 Å². The van der Waals surface area contributed by atoms with Gasteiger partial charge in [0.15, 0.2) is 6.10 Å². The first-order valence-corrected chi connectivity index (χ1v) is 5.25. The van der Waals surface area contributed by atoms with Gasteiger partial charge in [0.1, 0.15) is 5.78 Å². The molecule has 1 aliphatic carbocycles. The quantitative estimate of drug-likeness (QED) is 0.662. The van der Waals surface area contributed by atoms with E-state index < -0.39 is 11.5 Å². The minimum atomic E-state index is -0.595. The van der Waals surface area contributed by atoms with Crippen molar-refractivity contribution in [2.75, 3.05) is 6.61 Å². The number of Topliss-reactive ketones (excluding diaryl/α,β-unsaturated/α-hetero) is 1. The van der Waals surface area contributed by atoms with Crippen LogP contribution in [0.4, 0.5) is 0 Å². The lowest BCUT2D eigenvalue weighted by atomic mass is 9.68. The minimum Gasteiger partial charge on any atom is -0.464 e. The zero-order valence-electron chi connectivity index (χ0n) is 9.70. The molecule has 4 heteroatoms. The van der Waals surface area contributed by atoms with Gasteiger partial charge >= 0.3 is 5.97 Å². The van der Waals surface area contributed by atoms with E-state index in [1.54, 1.807) is 13.8 Å². The van der Waals surface area contributed by atoms with Crippen molar-refractivity contribution in [1.29, 1.82) is 0 Å². The molecule has 0 radical (unpaired) electrons. The topological polar surface area (TPSA) is 52.6 Å². The Morgan fingerprint density at radius 1 is 1.60 bits per heavy atom. The number of ketones is 1. The first-order chi connectivity index (χ1) is 6.89. The Morgan fingerprint density at radius 3 is 2.60 bits per heavy atom. The molecule has 1 rings (SSSR count). The van der Waals surface area contributed by atoms with Crippen LogP contribution in [0.15, 0.2) is 0 Å². The summed E-state index contributed by atoms with van der Waals surface area (Å²) in [5, 5.41) is 0. The Hall–Kier alpha value is -0.900. The van der Waals surface area contributed by atoms with Crippen LogP contribution in [0.25, 0.3) is 0 Å². The molecule has 0 saturated heterocycles. The van der Waals surface area contributed by atoms with Gasteiger partial charge in [-0.3, -0.25) is 4.79 Å². The first-order valence-electron chi connectivity index (χ1n) is 5.25. The van der Waals surface area contributed by atoms with Crippen molar-refractivity contribution in [3.05, 3.63) is 0 Å². The third-order valence-electron chi connectivity index (χ3n) is 2.88. The first kappa shape index (κ1) is 12.2. The number of hydrogen-bond donors (Lipinski definition) is 0. The average molecular weight is 214 g/mol. The monoisotopic (exact) mass is 214 g/mol. The Morgan fingerprint density at radius 2 is 2.20 bits per heavy atom. The summed E-state index contributed by atoms with van der Waals surface area (Å²) in [7, 11) is 0. The van der Waals surface area contributed by atoms with Gasteiger partial charge in [-0.25, -0.2) is 4.79 Å². The Balaban J connectivity index is 2.43. The number of rotatable bonds is 4. The highest BCUT2D eigenvalue weighted by Crippen LogP contribution is 2.39. The second-order valence-corrected chi connectivity index (χ2v) is 4.37. The summed E-state index contributed by atoms with van der Waals surface area (Å²) in [4.78, 5) is 22.5. The van der Waals surface area contributed by atoms with Gasteiger partial charge in [0.05, 0.1) is 18.1 Å². The fourth-order valence-corrected chi connectivity index (χ4v) is 1.51. The standard InChI is InChI=1S/C11H18O4/c1-5-14-10(13)7(2)15-9-6-8(12)11(9,3)4/h7,9H,5-6H2,1-4H3. The van der Waals surface area contributed by atoms with E-state index in [-0.39, 0.29) is 17.9 Å². The lowest BCUT2D eigenvalue weighted by Gasteiger charge is -2.42. The molecule has 0 heterocycles. The van der Waals surface area contributed by atoms with E-state index in [0.29, 0.717) is 13.0 Å². The van der Waals surface area contributed by atoms with E-state index in [2.05, 4.69) is 0 Å². The molecule has 0 spiro atoms. The summed E-state index contributed by atoms with van der Waals surface area (Å²) < 4.78 is 10.3. The summed E-state index contributed by atoms with van der Waals surface area (Å²) in [6, 6.07) is 0. The van der Waals surface area contributed by atoms with Gasteiger partial charge in [0.2, 0.25) is 0 Å². The maximum atomic E-state index is 11.3. The molecule has 0 N–H and O–H groups in total. The molecule has 2 unspecified atom stereocenters. The fourth-order valence-electron chi connectivity index (χ4n) is 1.51. The van der Waals surface area contributed by atoms with Crippen LogP contribution in [0.1, 0.15) is 34.1 Å². The van der Waals surface area contributed by atoms with Crippen molar-refractivity contribution in [3.8, 4) is 0 Å². The minimum absolute atomic E-state index is 0.163. The maximum Gasteiger partial charge on any atom is 0.334 e. The normalized spacial score (nSPS) is 25.6. The second-order valence-electron chi connectivity index (χ2n) is 4.37. The number of ether oxygens (including phenoxy) is 2. The molecule has 1 saturated carbocycles. The molecule has 15 heavy (non-hydrogen) atoms. The number of carbonyl (C=O) groups excluding carboxylic acids is 2. The Kier molecular flexibility index (Phi) is 3.50. The van der Waals surface area contributed by atoms with E-state index >= 15 is 0 Å². The summed E-state index contributed by atoms with van der Waals surface area (Å²) >= 11 is 0. The molecule has 0 aromatic heterocycles. The summed E-state index contributed by atoms with van der Waals surface area (Å²) in [5.74, 6) is -0.184. The van der Waals surface area contributed by atoms with Crippen molar-refractivity contribution in [1.82, 2.24) is 0 Å². The Bertz CT molecular complexity index is 270. The maximum absolute atomic E-state index is 11.3. The lowest BCUT2D eigenvalue weighted by molar-refractivity contribution is -0.179. The van der Waals surface area contributed by atoms with E-state index in [1.165, 1.54) is 0 Å². The van der Waals surface area contributed by atoms with Crippen molar-refractivity contribution in [3.63, 3.8) is 0 Å². The van der Waals surface area contributed by atoms with Gasteiger partial charge in [-0.15, -0.1) is 0 Å². The van der Waals surface area contributed by atoms with Gasteiger partial charge < -0.3 is 9.47 Å². The highest BCUT2D eigenvalue weighted by molar-refractivity contribution is 5.91. The van der Waals surface area contributed by atoms with Gasteiger partial charge in [-0.1, -0.05) is 13.8 Å². The predicted octanol–water partition coefficient (Wildman–Crippen LogP) is 1.32. The molecule has 1 aliphatic rings. The third-order valence-corrected chi connectivity index (χ3v) is 2.88. The number of esters is 1. The molecule has 0 aromatic rings. The Labute approximate surface area is 89.9 Å². The zero-order chi connectivity index (χ0) is 11.6. The van der Waals surface area contributed by atoms with Crippen LogP contribution in [0.5, 0.6) is 0 Å². The van der Waals surface area contributed by atoms with Crippen LogP contribution in [-0.4, -0.2) is 30.6 Å². The smallest absolute Gasteiger partial charge is 0.334 e. The van der Waals surface area contributed by atoms with E-state index in [1.807, 2.05) is 13.8 Å². The molecular weight excluding hydrogens is 196 g/mol. The molecule has 0 amide bonds. The van der Waals surface area contributed by atoms with Gasteiger partial charge in [0.25, 0.3) is 0 Å². The molecule has 4 nitrogen and oxygen atoms in total. The van der Waals surface area contributed by atoms with Crippen LogP contribution in [0.2, 0.25) is 0 Å². The number of hydrogen-bond acceptors (Lipinski definition) is 4. The highest BCUT2D eigenvalue weighted by Gasteiger charge is 2.49. The lowest BCUT2D eigenvalue weighted by Crippen LogP contribution is -2.53. The molecule has 2 atom stereocenters. The SMILES string of the molecule is CCOC(=O)C(C)OC1CC(=O)C1(C)C. The second kappa shape index (κ2) is 4.31. The van der Waals surface area contributed by atoms with Crippen molar-refractivity contribution >= 4 is 11.8 Å². The van der Waals surface area contributed by atoms with Gasteiger partial charge in [0, 0.05) is 6.42 Å². The van der Waals surface area contributed by atoms with Crippen LogP contribution in [0, 0.1) is 5.41 Å². The van der Waals surface area contributed by atoms with Gasteiger partial charge in [-0.2, -0.15) is 0 Å². The molecular formula is C11H18O4. The van der Waals surface area contributed by atoms with Crippen LogP contribution in [-0.2, 0) is 19.1 Å². The molecule has 0 aliphatic heterocycles. The largest absolute Gasteiger partial charge is 0.464 e. The third kappa shape index (κ3) is 2.37.